The third-order valence-corrected chi connectivity index (χ3v) is 3.89. The maximum Gasteiger partial charge on any atom is 0.128 e. The average Bonchev–Trinajstić information content (AvgIpc) is 2.43. The summed E-state index contributed by atoms with van der Waals surface area (Å²) in [6.45, 7) is 1.91. The Balaban J connectivity index is 2.28. The Hall–Kier alpha value is -1.13. The fourth-order valence-corrected chi connectivity index (χ4v) is 2.41. The third kappa shape index (κ3) is 3.49. The highest BCUT2D eigenvalue weighted by Crippen LogP contribution is 2.26. The summed E-state index contributed by atoms with van der Waals surface area (Å²) in [5.74, 6) is 5.28. The van der Waals surface area contributed by atoms with Crippen LogP contribution in [0.1, 0.15) is 22.7 Å². The summed E-state index contributed by atoms with van der Waals surface area (Å²) in [6, 6.07) is 9.98. The van der Waals surface area contributed by atoms with Gasteiger partial charge in [0.2, 0.25) is 0 Å². The third-order valence-electron chi connectivity index (χ3n) is 3.15. The van der Waals surface area contributed by atoms with Gasteiger partial charge >= 0.3 is 0 Å². The number of benzene rings is 2. The maximum absolute atomic E-state index is 13.9. The van der Waals surface area contributed by atoms with Crippen molar-refractivity contribution in [3.05, 3.63) is 69.0 Å². The molecule has 5 heteroatoms. The molecule has 2 rings (SSSR count). The molecule has 0 aliphatic heterocycles. The lowest BCUT2D eigenvalue weighted by Crippen LogP contribution is -2.30. The molecule has 20 heavy (non-hydrogen) atoms. The summed E-state index contributed by atoms with van der Waals surface area (Å²) >= 11 is 11.9. The van der Waals surface area contributed by atoms with Gasteiger partial charge in [-0.2, -0.15) is 0 Å². The second kappa shape index (κ2) is 6.55. The summed E-state index contributed by atoms with van der Waals surface area (Å²) in [7, 11) is 0. The molecule has 1 unspecified atom stereocenters. The van der Waals surface area contributed by atoms with Gasteiger partial charge in [0, 0.05) is 5.56 Å². The number of hydrazine groups is 1. The zero-order valence-corrected chi connectivity index (χ0v) is 12.5. The standard InChI is InChI=1S/C15H15Cl2FN2/c1-9-2-5-14(18)11(6-9)15(20-19)8-10-3-4-12(16)13(17)7-10/h2-7,15,20H,8,19H2,1H3. The normalized spacial score (nSPS) is 12.4. The van der Waals surface area contributed by atoms with E-state index in [-0.39, 0.29) is 11.9 Å². The molecule has 0 heterocycles. The van der Waals surface area contributed by atoms with Gasteiger partial charge in [-0.15, -0.1) is 0 Å². The molecule has 0 fully saturated rings. The zero-order chi connectivity index (χ0) is 14.7. The quantitative estimate of drug-likeness (QED) is 0.656. The predicted molar refractivity (Wildman–Crippen MR) is 81.4 cm³/mol. The van der Waals surface area contributed by atoms with E-state index in [9.17, 15) is 4.39 Å². The highest BCUT2D eigenvalue weighted by molar-refractivity contribution is 6.42. The van der Waals surface area contributed by atoms with E-state index in [2.05, 4.69) is 5.43 Å². The molecule has 3 N–H and O–H groups in total. The lowest BCUT2D eigenvalue weighted by Gasteiger charge is -2.18. The van der Waals surface area contributed by atoms with Crippen LogP contribution in [-0.2, 0) is 6.42 Å². The van der Waals surface area contributed by atoms with Crippen molar-refractivity contribution < 1.29 is 4.39 Å². The Bertz CT molecular complexity index is 617. The fraction of sp³-hybridized carbons (Fsp3) is 0.200. The molecule has 2 nitrogen and oxygen atoms in total. The van der Waals surface area contributed by atoms with E-state index in [0.29, 0.717) is 22.0 Å². The van der Waals surface area contributed by atoms with Gasteiger partial charge in [-0.3, -0.25) is 11.3 Å². The number of hydrogen-bond acceptors (Lipinski definition) is 2. The van der Waals surface area contributed by atoms with E-state index < -0.39 is 0 Å². The van der Waals surface area contributed by atoms with E-state index in [1.165, 1.54) is 6.07 Å². The summed E-state index contributed by atoms with van der Waals surface area (Å²) in [4.78, 5) is 0. The first kappa shape index (κ1) is 15.3. The Kier molecular flexibility index (Phi) is 5.00. The molecule has 0 saturated heterocycles. The smallest absolute Gasteiger partial charge is 0.128 e. The van der Waals surface area contributed by atoms with Crippen molar-refractivity contribution in [3.63, 3.8) is 0 Å². The Labute approximate surface area is 127 Å². The molecule has 2 aromatic rings. The SMILES string of the molecule is Cc1ccc(F)c(C(Cc2ccc(Cl)c(Cl)c2)NN)c1. The van der Waals surface area contributed by atoms with Crippen molar-refractivity contribution >= 4 is 23.2 Å². The van der Waals surface area contributed by atoms with Gasteiger partial charge < -0.3 is 0 Å². The number of rotatable bonds is 4. The maximum atomic E-state index is 13.9. The van der Waals surface area contributed by atoms with Crippen molar-refractivity contribution in [3.8, 4) is 0 Å². The largest absolute Gasteiger partial charge is 0.271 e. The Morgan fingerprint density at radius 1 is 1.15 bits per heavy atom. The van der Waals surface area contributed by atoms with Gasteiger partial charge in [0.25, 0.3) is 0 Å². The van der Waals surface area contributed by atoms with Gasteiger partial charge in [0.1, 0.15) is 5.82 Å². The van der Waals surface area contributed by atoms with Gasteiger partial charge in [0.15, 0.2) is 0 Å². The van der Waals surface area contributed by atoms with Gasteiger partial charge in [-0.25, -0.2) is 4.39 Å². The van der Waals surface area contributed by atoms with Crippen LogP contribution in [0.5, 0.6) is 0 Å². The van der Waals surface area contributed by atoms with Gasteiger partial charge in [-0.05, 0) is 37.1 Å². The molecule has 2 aromatic carbocycles. The van der Waals surface area contributed by atoms with Gasteiger partial charge in [0.05, 0.1) is 16.1 Å². The van der Waals surface area contributed by atoms with Crippen molar-refractivity contribution in [2.75, 3.05) is 0 Å². The topological polar surface area (TPSA) is 38.0 Å². The molecule has 0 bridgehead atoms. The molecule has 106 valence electrons. The van der Waals surface area contributed by atoms with Gasteiger partial charge in [-0.1, -0.05) is 47.0 Å². The van der Waals surface area contributed by atoms with Crippen LogP contribution in [0.25, 0.3) is 0 Å². The molecule has 1 atom stereocenters. The molecule has 0 aromatic heterocycles. The summed E-state index contributed by atoms with van der Waals surface area (Å²) < 4.78 is 13.9. The predicted octanol–water partition coefficient (Wildman–Crippen LogP) is 4.19. The highest BCUT2D eigenvalue weighted by atomic mass is 35.5. The Morgan fingerprint density at radius 2 is 1.90 bits per heavy atom. The second-order valence-electron chi connectivity index (χ2n) is 4.70. The molecule has 0 aliphatic rings. The van der Waals surface area contributed by atoms with E-state index in [0.717, 1.165) is 11.1 Å². The molecule has 0 amide bonds. The van der Waals surface area contributed by atoms with Crippen LogP contribution in [0.15, 0.2) is 36.4 Å². The van der Waals surface area contributed by atoms with Crippen LogP contribution in [-0.4, -0.2) is 0 Å². The van der Waals surface area contributed by atoms with E-state index in [1.54, 1.807) is 24.3 Å². The molecule has 0 saturated carbocycles. The average molecular weight is 313 g/mol. The number of aryl methyl sites for hydroxylation is 1. The summed E-state index contributed by atoms with van der Waals surface area (Å²) in [5.41, 5.74) is 5.11. The molecule has 0 radical (unpaired) electrons. The number of halogens is 3. The van der Waals surface area contributed by atoms with Crippen molar-refractivity contribution in [2.24, 2.45) is 5.84 Å². The molecular formula is C15H15Cl2FN2. The van der Waals surface area contributed by atoms with Crippen LogP contribution >= 0.6 is 23.2 Å². The van der Waals surface area contributed by atoms with Crippen LogP contribution < -0.4 is 11.3 Å². The zero-order valence-electron chi connectivity index (χ0n) is 11.0. The lowest BCUT2D eigenvalue weighted by molar-refractivity contribution is 0.510. The van der Waals surface area contributed by atoms with Crippen LogP contribution in [0.3, 0.4) is 0 Å². The first-order chi connectivity index (χ1) is 9.51. The van der Waals surface area contributed by atoms with E-state index >= 15 is 0 Å². The first-order valence-electron chi connectivity index (χ1n) is 6.17. The second-order valence-corrected chi connectivity index (χ2v) is 5.51. The number of hydrogen-bond donors (Lipinski definition) is 2. The fourth-order valence-electron chi connectivity index (χ4n) is 2.09. The van der Waals surface area contributed by atoms with Crippen molar-refractivity contribution in [1.82, 2.24) is 5.43 Å². The lowest BCUT2D eigenvalue weighted by atomic mass is 9.97. The van der Waals surface area contributed by atoms with Crippen molar-refractivity contribution in [1.29, 1.82) is 0 Å². The Morgan fingerprint density at radius 3 is 2.55 bits per heavy atom. The molecule has 0 aliphatic carbocycles. The van der Waals surface area contributed by atoms with Crippen LogP contribution in [0, 0.1) is 12.7 Å². The number of nitrogens with one attached hydrogen (secondary N) is 1. The number of nitrogens with two attached hydrogens (primary N) is 1. The van der Waals surface area contributed by atoms with Crippen LogP contribution in [0.2, 0.25) is 10.0 Å². The van der Waals surface area contributed by atoms with E-state index in [1.807, 2.05) is 13.0 Å². The minimum atomic E-state index is -0.327. The van der Waals surface area contributed by atoms with Crippen molar-refractivity contribution in [2.45, 2.75) is 19.4 Å². The highest BCUT2D eigenvalue weighted by Gasteiger charge is 2.15. The molecule has 0 spiro atoms. The van der Waals surface area contributed by atoms with E-state index in [4.69, 9.17) is 29.0 Å². The summed E-state index contributed by atoms with van der Waals surface area (Å²) in [6.07, 6.45) is 0.522. The molecular weight excluding hydrogens is 298 g/mol. The van der Waals surface area contributed by atoms with Crippen LogP contribution in [0.4, 0.5) is 4.39 Å². The minimum absolute atomic E-state index is 0.279. The minimum Gasteiger partial charge on any atom is -0.271 e. The monoisotopic (exact) mass is 312 g/mol. The first-order valence-corrected chi connectivity index (χ1v) is 6.93. The summed E-state index contributed by atoms with van der Waals surface area (Å²) in [5, 5.41) is 0.971.